The second kappa shape index (κ2) is 5.65. The van der Waals surface area contributed by atoms with Crippen molar-refractivity contribution in [3.63, 3.8) is 0 Å². The Hall–Kier alpha value is -2.21. The molecule has 0 aliphatic heterocycles. The maximum atomic E-state index is 12.6. The molecule has 0 saturated heterocycles. The van der Waals surface area contributed by atoms with Gasteiger partial charge >= 0.3 is 12.1 Å². The van der Waals surface area contributed by atoms with Crippen LogP contribution in [0.5, 0.6) is 11.5 Å². The van der Waals surface area contributed by atoms with Gasteiger partial charge in [0.15, 0.2) is 0 Å². The summed E-state index contributed by atoms with van der Waals surface area (Å²) in [6, 6.07) is 7.93. The number of rotatable bonds is 3. The van der Waals surface area contributed by atoms with E-state index in [2.05, 4.69) is 0 Å². The lowest BCUT2D eigenvalue weighted by Gasteiger charge is -2.11. The monoisotopic (exact) mass is 316 g/mol. The molecule has 1 N–H and O–H groups in total. The molecule has 2 rings (SSSR count). The Kier molecular flexibility index (Phi) is 4.09. The van der Waals surface area contributed by atoms with Crippen LogP contribution in [0, 0.1) is 0 Å². The first-order valence-corrected chi connectivity index (χ1v) is 6.03. The zero-order chi connectivity index (χ0) is 15.6. The molecule has 0 aliphatic rings. The number of benzene rings is 2. The molecule has 2 aromatic rings. The van der Waals surface area contributed by atoms with Gasteiger partial charge in [-0.3, -0.25) is 0 Å². The Morgan fingerprint density at radius 2 is 1.86 bits per heavy atom. The molecule has 0 radical (unpaired) electrons. The fourth-order valence-electron chi connectivity index (χ4n) is 1.62. The summed E-state index contributed by atoms with van der Waals surface area (Å²) in [5.74, 6) is -1.53. The smallest absolute Gasteiger partial charge is 0.416 e. The maximum absolute atomic E-state index is 12.6. The molecule has 0 aliphatic carbocycles. The average Bonchev–Trinajstić information content (AvgIpc) is 2.37. The number of ether oxygens (including phenoxy) is 1. The highest BCUT2D eigenvalue weighted by molar-refractivity contribution is 6.30. The number of aromatic carboxylic acids is 1. The molecule has 21 heavy (non-hydrogen) atoms. The third-order valence-corrected chi connectivity index (χ3v) is 2.80. The van der Waals surface area contributed by atoms with Crippen LogP contribution in [0.15, 0.2) is 42.5 Å². The summed E-state index contributed by atoms with van der Waals surface area (Å²) >= 11 is 5.74. The van der Waals surface area contributed by atoms with Crippen molar-refractivity contribution in [2.75, 3.05) is 0 Å². The van der Waals surface area contributed by atoms with Crippen molar-refractivity contribution in [3.8, 4) is 11.5 Å². The molecule has 0 spiro atoms. The average molecular weight is 317 g/mol. The van der Waals surface area contributed by atoms with Gasteiger partial charge in [-0.1, -0.05) is 17.7 Å². The molecule has 0 aromatic heterocycles. The molecule has 0 unspecified atom stereocenters. The molecular formula is C14H8ClF3O3. The van der Waals surface area contributed by atoms with Gasteiger partial charge in [-0.05, 0) is 30.3 Å². The Labute approximate surface area is 122 Å². The van der Waals surface area contributed by atoms with E-state index in [1.807, 2.05) is 0 Å². The summed E-state index contributed by atoms with van der Waals surface area (Å²) in [6.07, 6.45) is -4.51. The minimum absolute atomic E-state index is 0.130. The topological polar surface area (TPSA) is 46.5 Å². The fourth-order valence-corrected chi connectivity index (χ4v) is 1.78. The van der Waals surface area contributed by atoms with E-state index in [-0.39, 0.29) is 22.1 Å². The van der Waals surface area contributed by atoms with Crippen molar-refractivity contribution in [1.29, 1.82) is 0 Å². The van der Waals surface area contributed by atoms with Crippen molar-refractivity contribution in [3.05, 3.63) is 58.6 Å². The van der Waals surface area contributed by atoms with Crippen LogP contribution in [-0.2, 0) is 6.18 Å². The molecule has 0 saturated carbocycles. The highest BCUT2D eigenvalue weighted by Gasteiger charge is 2.30. The van der Waals surface area contributed by atoms with Crippen LogP contribution in [0.3, 0.4) is 0 Å². The van der Waals surface area contributed by atoms with Crippen LogP contribution in [0.2, 0.25) is 5.02 Å². The molecular weight excluding hydrogens is 309 g/mol. The van der Waals surface area contributed by atoms with Gasteiger partial charge < -0.3 is 9.84 Å². The molecule has 110 valence electrons. The second-order valence-corrected chi connectivity index (χ2v) is 4.51. The van der Waals surface area contributed by atoms with Gasteiger partial charge in [-0.15, -0.1) is 0 Å². The summed E-state index contributed by atoms with van der Waals surface area (Å²) in [5.41, 5.74) is -1.09. The van der Waals surface area contributed by atoms with E-state index in [4.69, 9.17) is 21.4 Å². The molecule has 3 nitrogen and oxygen atoms in total. The number of alkyl halides is 3. The highest BCUT2D eigenvalue weighted by atomic mass is 35.5. The van der Waals surface area contributed by atoms with E-state index in [0.29, 0.717) is 0 Å². The largest absolute Gasteiger partial charge is 0.478 e. The summed E-state index contributed by atoms with van der Waals surface area (Å²) in [5, 5.41) is 9.23. The van der Waals surface area contributed by atoms with E-state index in [1.54, 1.807) is 0 Å². The van der Waals surface area contributed by atoms with Crippen molar-refractivity contribution in [1.82, 2.24) is 0 Å². The van der Waals surface area contributed by atoms with Gasteiger partial charge in [0, 0.05) is 11.1 Å². The van der Waals surface area contributed by atoms with E-state index in [9.17, 15) is 18.0 Å². The molecule has 0 atom stereocenters. The lowest BCUT2D eigenvalue weighted by molar-refractivity contribution is -0.137. The van der Waals surface area contributed by atoms with Crippen LogP contribution in [0.1, 0.15) is 15.9 Å². The van der Waals surface area contributed by atoms with Gasteiger partial charge in [0.1, 0.15) is 17.1 Å². The van der Waals surface area contributed by atoms with Gasteiger partial charge in [-0.25, -0.2) is 4.79 Å². The molecule has 0 bridgehead atoms. The number of carbonyl (C=O) groups is 1. The molecule has 0 heterocycles. The van der Waals surface area contributed by atoms with Crippen LogP contribution in [-0.4, -0.2) is 11.1 Å². The van der Waals surface area contributed by atoms with Crippen molar-refractivity contribution in [2.24, 2.45) is 0 Å². The minimum Gasteiger partial charge on any atom is -0.478 e. The van der Waals surface area contributed by atoms with Crippen LogP contribution in [0.25, 0.3) is 0 Å². The summed E-state index contributed by atoms with van der Waals surface area (Å²) < 4.78 is 43.0. The normalized spacial score (nSPS) is 11.2. The lowest BCUT2D eigenvalue weighted by Crippen LogP contribution is -2.05. The van der Waals surface area contributed by atoms with E-state index >= 15 is 0 Å². The number of halogens is 4. The predicted molar refractivity (Wildman–Crippen MR) is 69.9 cm³/mol. The highest BCUT2D eigenvalue weighted by Crippen LogP contribution is 2.34. The SMILES string of the molecule is O=C(O)c1ccc(Cl)cc1Oc1cccc(C(F)(F)F)c1. The third-order valence-electron chi connectivity index (χ3n) is 2.56. The standard InChI is InChI=1S/C14H8ClF3O3/c15-9-4-5-11(13(19)20)12(7-9)21-10-3-1-2-8(6-10)14(16,17)18/h1-7H,(H,19,20). The number of hydrogen-bond donors (Lipinski definition) is 1. The van der Waals surface area contributed by atoms with Crippen molar-refractivity contribution in [2.45, 2.75) is 6.18 Å². The maximum Gasteiger partial charge on any atom is 0.416 e. The van der Waals surface area contributed by atoms with Crippen molar-refractivity contribution < 1.29 is 27.8 Å². The van der Waals surface area contributed by atoms with Crippen LogP contribution < -0.4 is 4.74 Å². The molecule has 0 fully saturated rings. The third kappa shape index (κ3) is 3.66. The van der Waals surface area contributed by atoms with E-state index in [0.717, 1.165) is 12.1 Å². The molecule has 2 aromatic carbocycles. The lowest BCUT2D eigenvalue weighted by atomic mass is 10.2. The van der Waals surface area contributed by atoms with E-state index < -0.39 is 17.7 Å². The predicted octanol–water partition coefficient (Wildman–Crippen LogP) is 4.85. The van der Waals surface area contributed by atoms with Gasteiger partial charge in [0.25, 0.3) is 0 Å². The number of carboxylic acid groups (broad SMARTS) is 1. The van der Waals surface area contributed by atoms with Crippen LogP contribution >= 0.6 is 11.6 Å². The number of hydrogen-bond acceptors (Lipinski definition) is 2. The van der Waals surface area contributed by atoms with Crippen molar-refractivity contribution >= 4 is 17.6 Å². The first kappa shape index (κ1) is 15.2. The quantitative estimate of drug-likeness (QED) is 0.880. The first-order valence-electron chi connectivity index (χ1n) is 5.65. The van der Waals surface area contributed by atoms with Gasteiger partial charge in [0.2, 0.25) is 0 Å². The van der Waals surface area contributed by atoms with Gasteiger partial charge in [0.05, 0.1) is 5.56 Å². The van der Waals surface area contributed by atoms with Gasteiger partial charge in [-0.2, -0.15) is 13.2 Å². The summed E-state index contributed by atoms with van der Waals surface area (Å²) in [4.78, 5) is 11.0. The first-order chi connectivity index (χ1) is 9.77. The summed E-state index contributed by atoms with van der Waals surface area (Å²) in [6.45, 7) is 0. The van der Waals surface area contributed by atoms with E-state index in [1.165, 1.54) is 30.3 Å². The summed E-state index contributed by atoms with van der Waals surface area (Å²) in [7, 11) is 0. The minimum atomic E-state index is -4.51. The Bertz CT molecular complexity index is 683. The molecule has 0 amide bonds. The second-order valence-electron chi connectivity index (χ2n) is 4.07. The number of carboxylic acids is 1. The Balaban J connectivity index is 2.39. The zero-order valence-corrected chi connectivity index (χ0v) is 11.1. The Morgan fingerprint density at radius 3 is 2.48 bits per heavy atom. The zero-order valence-electron chi connectivity index (χ0n) is 10.3. The molecule has 7 heteroatoms. The fraction of sp³-hybridized carbons (Fsp3) is 0.0714. The van der Waals surface area contributed by atoms with Crippen LogP contribution in [0.4, 0.5) is 13.2 Å². The Morgan fingerprint density at radius 1 is 1.14 bits per heavy atom.